The standard InChI is InChI=1S/C21H25N3O2/c1-14-10-15(2)22-19(14)11-18-17-7-3-4-8-20(17)24(21(18)26)13-23-9-5-6-16(23)12-25/h3-4,7-8,10-11,16,22,25H,5-6,9,12-13H2,1-2H3/b18-11-/t16-/m0/s1. The maximum Gasteiger partial charge on any atom is 0.260 e. The first-order chi connectivity index (χ1) is 12.6. The van der Waals surface area contributed by atoms with Crippen LogP contribution in [0.4, 0.5) is 5.69 Å². The number of fused-ring (bicyclic) bond motifs is 1. The van der Waals surface area contributed by atoms with Gasteiger partial charge in [0.15, 0.2) is 0 Å². The number of hydrogen-bond acceptors (Lipinski definition) is 3. The average Bonchev–Trinajstić information content (AvgIpc) is 3.28. The Kier molecular flexibility index (Phi) is 4.42. The summed E-state index contributed by atoms with van der Waals surface area (Å²) < 4.78 is 0. The van der Waals surface area contributed by atoms with Gasteiger partial charge in [0.25, 0.3) is 5.91 Å². The van der Waals surface area contributed by atoms with E-state index >= 15 is 0 Å². The molecule has 136 valence electrons. The number of hydrogen-bond donors (Lipinski definition) is 2. The number of nitrogens with one attached hydrogen (secondary N) is 1. The SMILES string of the molecule is Cc1cc(C)c(/C=C2\C(=O)N(CN3CCC[C@H]3CO)c3ccccc32)[nH]1. The van der Waals surface area contributed by atoms with Crippen LogP contribution in [0.15, 0.2) is 30.3 Å². The van der Waals surface area contributed by atoms with Crippen molar-refractivity contribution in [2.45, 2.75) is 32.7 Å². The first-order valence-electron chi connectivity index (χ1n) is 9.22. The number of H-pyrrole nitrogens is 1. The van der Waals surface area contributed by atoms with E-state index in [1.165, 1.54) is 0 Å². The van der Waals surface area contributed by atoms with E-state index in [0.717, 1.165) is 53.2 Å². The fourth-order valence-electron chi connectivity index (χ4n) is 4.10. The Labute approximate surface area is 153 Å². The zero-order valence-corrected chi connectivity index (χ0v) is 15.3. The third kappa shape index (κ3) is 2.87. The van der Waals surface area contributed by atoms with Crippen LogP contribution in [0.5, 0.6) is 0 Å². The van der Waals surface area contributed by atoms with Gasteiger partial charge in [0.1, 0.15) is 0 Å². The molecule has 2 N–H and O–H groups in total. The number of anilines is 1. The van der Waals surface area contributed by atoms with Crippen LogP contribution in [0.3, 0.4) is 0 Å². The number of para-hydroxylation sites is 1. The second-order valence-corrected chi connectivity index (χ2v) is 7.29. The maximum absolute atomic E-state index is 13.2. The van der Waals surface area contributed by atoms with Crippen molar-refractivity contribution in [2.75, 3.05) is 24.7 Å². The fraction of sp³-hybridized carbons (Fsp3) is 0.381. The summed E-state index contributed by atoms with van der Waals surface area (Å²) >= 11 is 0. The Balaban J connectivity index is 1.70. The minimum atomic E-state index is 0.0291. The highest BCUT2D eigenvalue weighted by Crippen LogP contribution is 2.38. The van der Waals surface area contributed by atoms with Gasteiger partial charge in [-0.15, -0.1) is 0 Å². The summed E-state index contributed by atoms with van der Waals surface area (Å²) in [5.74, 6) is 0.0291. The molecule has 5 nitrogen and oxygen atoms in total. The molecule has 1 aromatic carbocycles. The van der Waals surface area contributed by atoms with Gasteiger partial charge in [0, 0.05) is 29.5 Å². The first-order valence-corrected chi connectivity index (χ1v) is 9.22. The number of likely N-dealkylation sites (tertiary alicyclic amines) is 1. The Morgan fingerprint density at radius 1 is 1.31 bits per heavy atom. The molecule has 0 radical (unpaired) electrons. The number of carbonyl (C=O) groups excluding carboxylic acids is 1. The molecule has 1 fully saturated rings. The highest BCUT2D eigenvalue weighted by Gasteiger charge is 2.35. The lowest BCUT2D eigenvalue weighted by atomic mass is 10.1. The molecule has 0 aliphatic carbocycles. The van der Waals surface area contributed by atoms with E-state index in [4.69, 9.17) is 0 Å². The molecular weight excluding hydrogens is 326 g/mol. The zero-order chi connectivity index (χ0) is 18.3. The first kappa shape index (κ1) is 17.1. The number of aryl methyl sites for hydroxylation is 2. The number of carbonyl (C=O) groups is 1. The van der Waals surface area contributed by atoms with Crippen molar-refractivity contribution >= 4 is 23.2 Å². The number of aliphatic hydroxyl groups is 1. The highest BCUT2D eigenvalue weighted by molar-refractivity contribution is 6.35. The molecule has 1 aromatic heterocycles. The van der Waals surface area contributed by atoms with Crippen LogP contribution < -0.4 is 4.90 Å². The maximum atomic E-state index is 13.2. The van der Waals surface area contributed by atoms with Gasteiger partial charge in [-0.2, -0.15) is 0 Å². The van der Waals surface area contributed by atoms with Crippen molar-refractivity contribution in [1.82, 2.24) is 9.88 Å². The van der Waals surface area contributed by atoms with E-state index in [0.29, 0.717) is 6.67 Å². The van der Waals surface area contributed by atoms with Gasteiger partial charge in [-0.3, -0.25) is 14.6 Å². The summed E-state index contributed by atoms with van der Waals surface area (Å²) in [4.78, 5) is 20.6. The van der Waals surface area contributed by atoms with E-state index < -0.39 is 0 Å². The normalized spacial score (nSPS) is 21.8. The molecule has 1 saturated heterocycles. The number of rotatable bonds is 4. The Hall–Kier alpha value is -2.37. The van der Waals surface area contributed by atoms with Crippen LogP contribution in [-0.2, 0) is 4.79 Å². The molecular formula is C21H25N3O2. The summed E-state index contributed by atoms with van der Waals surface area (Å²) in [5, 5.41) is 9.59. The number of aromatic amines is 1. The number of aromatic nitrogens is 1. The highest BCUT2D eigenvalue weighted by atomic mass is 16.3. The van der Waals surface area contributed by atoms with Crippen molar-refractivity contribution in [3.05, 3.63) is 52.8 Å². The molecule has 1 amide bonds. The quantitative estimate of drug-likeness (QED) is 0.833. The van der Waals surface area contributed by atoms with Crippen LogP contribution in [0.2, 0.25) is 0 Å². The minimum Gasteiger partial charge on any atom is -0.395 e. The molecule has 2 aliphatic rings. The lowest BCUT2D eigenvalue weighted by Crippen LogP contribution is -2.43. The number of amides is 1. The summed E-state index contributed by atoms with van der Waals surface area (Å²) in [6.45, 7) is 5.67. The van der Waals surface area contributed by atoms with Crippen molar-refractivity contribution in [3.8, 4) is 0 Å². The van der Waals surface area contributed by atoms with Crippen LogP contribution in [0, 0.1) is 13.8 Å². The summed E-state index contributed by atoms with van der Waals surface area (Å²) in [5.41, 5.74) is 5.87. The van der Waals surface area contributed by atoms with Gasteiger partial charge in [-0.25, -0.2) is 0 Å². The van der Waals surface area contributed by atoms with Crippen molar-refractivity contribution in [2.24, 2.45) is 0 Å². The summed E-state index contributed by atoms with van der Waals surface area (Å²) in [6.07, 6.45) is 4.03. The van der Waals surface area contributed by atoms with Gasteiger partial charge in [-0.1, -0.05) is 18.2 Å². The molecule has 4 rings (SSSR count). The van der Waals surface area contributed by atoms with E-state index in [1.54, 1.807) is 0 Å². The van der Waals surface area contributed by atoms with Crippen LogP contribution >= 0.6 is 0 Å². The van der Waals surface area contributed by atoms with E-state index in [1.807, 2.05) is 42.2 Å². The van der Waals surface area contributed by atoms with E-state index in [9.17, 15) is 9.90 Å². The minimum absolute atomic E-state index is 0.0291. The fourth-order valence-corrected chi connectivity index (χ4v) is 4.10. The third-order valence-electron chi connectivity index (χ3n) is 5.47. The molecule has 2 aliphatic heterocycles. The molecule has 0 unspecified atom stereocenters. The number of aliphatic hydroxyl groups excluding tert-OH is 1. The molecule has 3 heterocycles. The van der Waals surface area contributed by atoms with Crippen LogP contribution in [-0.4, -0.2) is 46.8 Å². The van der Waals surface area contributed by atoms with Gasteiger partial charge in [0.05, 0.1) is 24.5 Å². The Morgan fingerprint density at radius 3 is 2.85 bits per heavy atom. The van der Waals surface area contributed by atoms with Crippen LogP contribution in [0.1, 0.15) is 35.4 Å². The molecule has 26 heavy (non-hydrogen) atoms. The molecule has 0 bridgehead atoms. The molecule has 5 heteroatoms. The third-order valence-corrected chi connectivity index (χ3v) is 5.47. The van der Waals surface area contributed by atoms with Crippen LogP contribution in [0.25, 0.3) is 11.6 Å². The number of benzene rings is 1. The Morgan fingerprint density at radius 2 is 2.12 bits per heavy atom. The second kappa shape index (κ2) is 6.74. The molecule has 0 saturated carbocycles. The Bertz CT molecular complexity index is 868. The van der Waals surface area contributed by atoms with E-state index in [2.05, 4.69) is 22.9 Å². The van der Waals surface area contributed by atoms with Crippen molar-refractivity contribution in [1.29, 1.82) is 0 Å². The topological polar surface area (TPSA) is 59.6 Å². The molecule has 1 atom stereocenters. The number of nitrogens with zero attached hydrogens (tertiary/aromatic N) is 2. The lowest BCUT2D eigenvalue weighted by molar-refractivity contribution is -0.113. The average molecular weight is 351 g/mol. The molecule has 0 spiro atoms. The van der Waals surface area contributed by atoms with Crippen molar-refractivity contribution < 1.29 is 9.90 Å². The van der Waals surface area contributed by atoms with Gasteiger partial charge in [0.2, 0.25) is 0 Å². The second-order valence-electron chi connectivity index (χ2n) is 7.29. The van der Waals surface area contributed by atoms with Gasteiger partial charge >= 0.3 is 0 Å². The van der Waals surface area contributed by atoms with E-state index in [-0.39, 0.29) is 18.6 Å². The predicted molar refractivity (Wildman–Crippen MR) is 104 cm³/mol. The summed E-state index contributed by atoms with van der Waals surface area (Å²) in [6, 6.07) is 10.2. The predicted octanol–water partition coefficient (Wildman–Crippen LogP) is 2.93. The monoisotopic (exact) mass is 351 g/mol. The largest absolute Gasteiger partial charge is 0.395 e. The van der Waals surface area contributed by atoms with Crippen molar-refractivity contribution in [3.63, 3.8) is 0 Å². The lowest BCUT2D eigenvalue weighted by Gasteiger charge is -2.28. The smallest absolute Gasteiger partial charge is 0.260 e. The summed E-state index contributed by atoms with van der Waals surface area (Å²) in [7, 11) is 0. The van der Waals surface area contributed by atoms with Gasteiger partial charge < -0.3 is 10.1 Å². The molecule has 2 aromatic rings. The zero-order valence-electron chi connectivity index (χ0n) is 15.3. The van der Waals surface area contributed by atoms with Gasteiger partial charge in [-0.05, 0) is 50.5 Å².